The molecular weight excluding hydrogens is 396 g/mol. The van der Waals surface area contributed by atoms with E-state index in [1.54, 1.807) is 0 Å². The second-order valence-electron chi connectivity index (χ2n) is 6.25. The van der Waals surface area contributed by atoms with E-state index in [1.807, 2.05) is 48.5 Å². The molecule has 1 saturated heterocycles. The van der Waals surface area contributed by atoms with Crippen LogP contribution in [0.1, 0.15) is 24.8 Å². The number of rotatable bonds is 3. The van der Waals surface area contributed by atoms with Gasteiger partial charge in [0.25, 0.3) is 6.01 Å². The van der Waals surface area contributed by atoms with Crippen molar-refractivity contribution >= 4 is 33.0 Å². The van der Waals surface area contributed by atoms with E-state index in [4.69, 9.17) is 8.94 Å². The van der Waals surface area contributed by atoms with Crippen molar-refractivity contribution in [3.8, 4) is 11.4 Å². The van der Waals surface area contributed by atoms with Crippen molar-refractivity contribution in [2.45, 2.75) is 18.9 Å². The van der Waals surface area contributed by atoms with Crippen LogP contribution in [0.2, 0.25) is 0 Å². The van der Waals surface area contributed by atoms with Crippen molar-refractivity contribution in [1.82, 2.24) is 15.1 Å². The highest BCUT2D eigenvalue weighted by Gasteiger charge is 2.34. The number of fused-ring (bicyclic) bond motifs is 1. The van der Waals surface area contributed by atoms with Gasteiger partial charge in [-0.1, -0.05) is 45.4 Å². The van der Waals surface area contributed by atoms with Crippen molar-refractivity contribution in [2.75, 3.05) is 11.4 Å². The third kappa shape index (κ3) is 2.59. The van der Waals surface area contributed by atoms with Gasteiger partial charge in [0.05, 0.1) is 0 Å². The van der Waals surface area contributed by atoms with Gasteiger partial charge in [0.1, 0.15) is 11.6 Å². The Morgan fingerprint density at radius 2 is 1.88 bits per heavy atom. The van der Waals surface area contributed by atoms with Gasteiger partial charge in [-0.3, -0.25) is 0 Å². The molecule has 2 aromatic heterocycles. The second-order valence-corrected chi connectivity index (χ2v) is 7.11. The molecule has 130 valence electrons. The Hall–Kier alpha value is -2.67. The summed E-state index contributed by atoms with van der Waals surface area (Å²) in [5, 5.41) is 4.17. The Labute approximate surface area is 158 Å². The van der Waals surface area contributed by atoms with Crippen molar-refractivity contribution in [3.63, 3.8) is 0 Å². The van der Waals surface area contributed by atoms with Gasteiger partial charge in [-0.2, -0.15) is 9.97 Å². The van der Waals surface area contributed by atoms with Crippen molar-refractivity contribution in [3.05, 3.63) is 58.9 Å². The summed E-state index contributed by atoms with van der Waals surface area (Å²) in [5.74, 6) is 1.17. The monoisotopic (exact) mass is 410 g/mol. The molecule has 5 rings (SSSR count). The van der Waals surface area contributed by atoms with Crippen molar-refractivity contribution in [1.29, 1.82) is 0 Å². The van der Waals surface area contributed by atoms with Crippen LogP contribution in [0.4, 0.5) is 6.01 Å². The highest BCUT2D eigenvalue weighted by atomic mass is 79.9. The van der Waals surface area contributed by atoms with E-state index in [-0.39, 0.29) is 6.04 Å². The summed E-state index contributed by atoms with van der Waals surface area (Å²) < 4.78 is 12.5. The van der Waals surface area contributed by atoms with E-state index in [0.717, 1.165) is 40.5 Å². The maximum Gasteiger partial charge on any atom is 0.299 e. The molecule has 0 aliphatic carbocycles. The van der Waals surface area contributed by atoms with E-state index < -0.39 is 0 Å². The van der Waals surface area contributed by atoms with E-state index in [1.165, 1.54) is 0 Å². The number of benzene rings is 2. The van der Waals surface area contributed by atoms with Gasteiger partial charge >= 0.3 is 0 Å². The van der Waals surface area contributed by atoms with Gasteiger partial charge < -0.3 is 13.8 Å². The van der Waals surface area contributed by atoms with Crippen LogP contribution in [0.25, 0.3) is 22.5 Å². The van der Waals surface area contributed by atoms with Crippen molar-refractivity contribution in [2.24, 2.45) is 0 Å². The molecule has 0 N–H and O–H groups in total. The summed E-state index contributed by atoms with van der Waals surface area (Å²) in [6.45, 7) is 0.851. The van der Waals surface area contributed by atoms with Crippen LogP contribution < -0.4 is 4.90 Å². The average molecular weight is 411 g/mol. The summed E-state index contributed by atoms with van der Waals surface area (Å²) in [7, 11) is 0. The Bertz CT molecular complexity index is 1040. The van der Waals surface area contributed by atoms with Gasteiger partial charge in [-0.05, 0) is 37.1 Å². The maximum absolute atomic E-state index is 5.93. The fourth-order valence-corrected chi connectivity index (χ4v) is 3.82. The molecule has 1 atom stereocenters. The highest BCUT2D eigenvalue weighted by molar-refractivity contribution is 9.10. The van der Waals surface area contributed by atoms with Gasteiger partial charge in [-0.15, -0.1) is 0 Å². The molecule has 1 aliphatic rings. The topological polar surface area (TPSA) is 68.2 Å². The first-order chi connectivity index (χ1) is 12.8. The standard InChI is InChI=1S/C19H15BrN4O2/c20-13-7-2-1-6-12(13)17-22-18(26-23-17)15-9-5-11-24(15)19-21-14-8-3-4-10-16(14)25-19/h1-4,6-8,10,15H,5,9,11H2. The Morgan fingerprint density at radius 3 is 2.77 bits per heavy atom. The van der Waals surface area contributed by atoms with E-state index >= 15 is 0 Å². The number of para-hydroxylation sites is 2. The number of anilines is 1. The van der Waals surface area contributed by atoms with Gasteiger partial charge in [0, 0.05) is 16.6 Å². The zero-order chi connectivity index (χ0) is 17.5. The second kappa shape index (κ2) is 6.25. The summed E-state index contributed by atoms with van der Waals surface area (Å²) in [6.07, 6.45) is 1.95. The first-order valence-electron chi connectivity index (χ1n) is 8.50. The summed E-state index contributed by atoms with van der Waals surface area (Å²) >= 11 is 3.54. The summed E-state index contributed by atoms with van der Waals surface area (Å²) in [6, 6.07) is 16.2. The number of halogens is 1. The molecule has 3 heterocycles. The van der Waals surface area contributed by atoms with Crippen LogP contribution in [0.3, 0.4) is 0 Å². The largest absolute Gasteiger partial charge is 0.423 e. The third-order valence-electron chi connectivity index (χ3n) is 4.62. The van der Waals surface area contributed by atoms with Crippen LogP contribution in [0.5, 0.6) is 0 Å². The van der Waals surface area contributed by atoms with Gasteiger partial charge in [0.2, 0.25) is 11.7 Å². The lowest BCUT2D eigenvalue weighted by atomic mass is 10.2. The van der Waals surface area contributed by atoms with E-state index in [0.29, 0.717) is 17.7 Å². The minimum Gasteiger partial charge on any atom is -0.423 e. The Balaban J connectivity index is 1.48. The lowest BCUT2D eigenvalue weighted by molar-refractivity contribution is 0.351. The molecule has 0 radical (unpaired) electrons. The maximum atomic E-state index is 5.93. The molecule has 0 amide bonds. The molecule has 2 aromatic carbocycles. The molecule has 1 aliphatic heterocycles. The molecule has 4 aromatic rings. The molecule has 1 fully saturated rings. The molecular formula is C19H15BrN4O2. The van der Waals surface area contributed by atoms with Crippen LogP contribution in [0.15, 0.2) is 61.9 Å². The molecule has 7 heteroatoms. The number of nitrogens with zero attached hydrogens (tertiary/aromatic N) is 4. The number of aromatic nitrogens is 3. The minimum absolute atomic E-state index is 0.0215. The zero-order valence-electron chi connectivity index (χ0n) is 13.8. The first-order valence-corrected chi connectivity index (χ1v) is 9.29. The predicted molar refractivity (Wildman–Crippen MR) is 101 cm³/mol. The SMILES string of the molecule is Brc1ccccc1-c1noc(C2CCCN2c2nc3ccccc3o2)n1. The van der Waals surface area contributed by atoms with Crippen molar-refractivity contribution < 1.29 is 8.94 Å². The highest BCUT2D eigenvalue weighted by Crippen LogP contribution is 2.37. The number of oxazole rings is 1. The van der Waals surface area contributed by atoms with Crippen LogP contribution in [-0.2, 0) is 0 Å². The average Bonchev–Trinajstić information content (AvgIpc) is 3.39. The predicted octanol–water partition coefficient (Wildman–Crippen LogP) is 4.98. The smallest absolute Gasteiger partial charge is 0.299 e. The molecule has 1 unspecified atom stereocenters. The normalized spacial score (nSPS) is 17.3. The quantitative estimate of drug-likeness (QED) is 0.474. The molecule has 6 nitrogen and oxygen atoms in total. The number of hydrogen-bond acceptors (Lipinski definition) is 6. The molecule has 26 heavy (non-hydrogen) atoms. The Kier molecular flexibility index (Phi) is 3.74. The van der Waals surface area contributed by atoms with Crippen LogP contribution in [0, 0.1) is 0 Å². The van der Waals surface area contributed by atoms with Crippen LogP contribution >= 0.6 is 15.9 Å². The first kappa shape index (κ1) is 15.6. The molecule has 0 saturated carbocycles. The van der Waals surface area contributed by atoms with Gasteiger partial charge in [-0.25, -0.2) is 0 Å². The lowest BCUT2D eigenvalue weighted by Gasteiger charge is -2.19. The summed E-state index contributed by atoms with van der Waals surface area (Å²) in [4.78, 5) is 11.4. The fourth-order valence-electron chi connectivity index (χ4n) is 3.36. The number of hydrogen-bond donors (Lipinski definition) is 0. The summed E-state index contributed by atoms with van der Waals surface area (Å²) in [5.41, 5.74) is 2.55. The zero-order valence-corrected chi connectivity index (χ0v) is 15.4. The third-order valence-corrected chi connectivity index (χ3v) is 5.31. The Morgan fingerprint density at radius 1 is 1.04 bits per heavy atom. The van der Waals surface area contributed by atoms with Gasteiger partial charge in [0.15, 0.2) is 5.58 Å². The van der Waals surface area contributed by atoms with E-state index in [2.05, 4.69) is 36.0 Å². The van der Waals surface area contributed by atoms with Crippen LogP contribution in [-0.4, -0.2) is 21.7 Å². The molecule has 0 bridgehead atoms. The fraction of sp³-hybridized carbons (Fsp3) is 0.211. The lowest BCUT2D eigenvalue weighted by Crippen LogP contribution is -2.23. The minimum atomic E-state index is -0.0215. The molecule has 0 spiro atoms. The van der Waals surface area contributed by atoms with E-state index in [9.17, 15) is 0 Å².